The van der Waals surface area contributed by atoms with Crippen LogP contribution in [0, 0.1) is 0 Å². The van der Waals surface area contributed by atoms with Crippen molar-refractivity contribution in [2.24, 2.45) is 5.73 Å². The third-order valence-electron chi connectivity index (χ3n) is 4.09. The van der Waals surface area contributed by atoms with Gasteiger partial charge in [-0.3, -0.25) is 9.80 Å². The van der Waals surface area contributed by atoms with Gasteiger partial charge in [-0.15, -0.1) is 0 Å². The van der Waals surface area contributed by atoms with Gasteiger partial charge in [-0.25, -0.2) is 0 Å². The predicted octanol–water partition coefficient (Wildman–Crippen LogP) is 1.92. The molecule has 0 spiro atoms. The van der Waals surface area contributed by atoms with Crippen molar-refractivity contribution in [1.82, 2.24) is 9.80 Å². The van der Waals surface area contributed by atoms with Crippen molar-refractivity contribution < 1.29 is 0 Å². The molecule has 0 bridgehead atoms. The van der Waals surface area contributed by atoms with E-state index < -0.39 is 0 Å². The second-order valence-corrected chi connectivity index (χ2v) is 5.39. The van der Waals surface area contributed by atoms with Crippen LogP contribution in [-0.4, -0.2) is 54.6 Å². The average Bonchev–Trinajstić information content (AvgIpc) is 2.36. The molecular weight excluding hydrogens is 210 g/mol. The Morgan fingerprint density at radius 3 is 1.94 bits per heavy atom. The lowest BCUT2D eigenvalue weighted by Crippen LogP contribution is -2.54. The lowest BCUT2D eigenvalue weighted by atomic mass is 10.1. The van der Waals surface area contributed by atoms with Crippen molar-refractivity contribution in [3.05, 3.63) is 0 Å². The zero-order chi connectivity index (χ0) is 12.7. The van der Waals surface area contributed by atoms with Crippen LogP contribution in [0.15, 0.2) is 0 Å². The summed E-state index contributed by atoms with van der Waals surface area (Å²) in [5.74, 6) is 0. The molecule has 1 heterocycles. The standard InChI is InChI=1S/C14H31N3/c1-4-6-13(3)16-8-10-17(11-9-16)14(12-15)7-5-2/h13-14H,4-12,15H2,1-3H3. The Morgan fingerprint density at radius 2 is 1.47 bits per heavy atom. The molecule has 1 aliphatic rings. The van der Waals surface area contributed by atoms with E-state index in [4.69, 9.17) is 5.73 Å². The first kappa shape index (κ1) is 14.9. The molecule has 0 aromatic carbocycles. The molecule has 2 N–H and O–H groups in total. The van der Waals surface area contributed by atoms with Gasteiger partial charge in [0.1, 0.15) is 0 Å². The van der Waals surface area contributed by atoms with Gasteiger partial charge in [-0.1, -0.05) is 26.7 Å². The van der Waals surface area contributed by atoms with Gasteiger partial charge >= 0.3 is 0 Å². The fraction of sp³-hybridized carbons (Fsp3) is 1.00. The van der Waals surface area contributed by atoms with E-state index >= 15 is 0 Å². The van der Waals surface area contributed by atoms with E-state index in [1.165, 1.54) is 51.9 Å². The molecule has 0 aromatic heterocycles. The number of rotatable bonds is 7. The van der Waals surface area contributed by atoms with Crippen LogP contribution in [0.25, 0.3) is 0 Å². The molecule has 0 aromatic rings. The fourth-order valence-corrected chi connectivity index (χ4v) is 2.93. The smallest absolute Gasteiger partial charge is 0.0219 e. The third kappa shape index (κ3) is 4.57. The fourth-order valence-electron chi connectivity index (χ4n) is 2.93. The van der Waals surface area contributed by atoms with Crippen LogP contribution in [0.5, 0.6) is 0 Å². The Kier molecular flexibility index (Phi) is 7.09. The maximum Gasteiger partial charge on any atom is 0.0219 e. The monoisotopic (exact) mass is 241 g/mol. The molecule has 0 aliphatic carbocycles. The topological polar surface area (TPSA) is 32.5 Å². The van der Waals surface area contributed by atoms with Crippen molar-refractivity contribution >= 4 is 0 Å². The maximum atomic E-state index is 5.88. The van der Waals surface area contributed by atoms with Gasteiger partial charge in [0.25, 0.3) is 0 Å². The summed E-state index contributed by atoms with van der Waals surface area (Å²) in [5, 5.41) is 0. The summed E-state index contributed by atoms with van der Waals surface area (Å²) >= 11 is 0. The van der Waals surface area contributed by atoms with Gasteiger partial charge in [-0.05, 0) is 19.8 Å². The van der Waals surface area contributed by atoms with E-state index in [0.717, 1.165) is 12.6 Å². The Labute approximate surface area is 107 Å². The van der Waals surface area contributed by atoms with E-state index in [1.807, 2.05) is 0 Å². The van der Waals surface area contributed by atoms with Crippen molar-refractivity contribution in [2.75, 3.05) is 32.7 Å². The Bertz CT molecular complexity index is 188. The molecule has 102 valence electrons. The molecule has 2 unspecified atom stereocenters. The summed E-state index contributed by atoms with van der Waals surface area (Å²) in [6.07, 6.45) is 5.12. The van der Waals surface area contributed by atoms with Crippen molar-refractivity contribution in [3.8, 4) is 0 Å². The highest BCUT2D eigenvalue weighted by Gasteiger charge is 2.24. The first-order valence-electron chi connectivity index (χ1n) is 7.41. The molecule has 0 amide bonds. The van der Waals surface area contributed by atoms with Crippen molar-refractivity contribution in [2.45, 2.75) is 58.5 Å². The van der Waals surface area contributed by atoms with Gasteiger partial charge < -0.3 is 5.73 Å². The van der Waals surface area contributed by atoms with Crippen molar-refractivity contribution in [3.63, 3.8) is 0 Å². The van der Waals surface area contributed by atoms with Crippen molar-refractivity contribution in [1.29, 1.82) is 0 Å². The molecule has 17 heavy (non-hydrogen) atoms. The van der Waals surface area contributed by atoms with Crippen LogP contribution in [0.3, 0.4) is 0 Å². The quantitative estimate of drug-likeness (QED) is 0.739. The van der Waals surface area contributed by atoms with Crippen LogP contribution in [-0.2, 0) is 0 Å². The summed E-state index contributed by atoms with van der Waals surface area (Å²) in [4.78, 5) is 5.23. The van der Waals surface area contributed by atoms with E-state index in [0.29, 0.717) is 6.04 Å². The van der Waals surface area contributed by atoms with Crippen LogP contribution in [0.4, 0.5) is 0 Å². The first-order chi connectivity index (χ1) is 8.22. The Morgan fingerprint density at radius 1 is 0.941 bits per heavy atom. The van der Waals surface area contributed by atoms with Gasteiger partial charge in [0.05, 0.1) is 0 Å². The molecule has 0 saturated carbocycles. The molecular formula is C14H31N3. The minimum Gasteiger partial charge on any atom is -0.329 e. The normalized spacial score (nSPS) is 22.6. The number of hydrogen-bond donors (Lipinski definition) is 1. The number of hydrogen-bond acceptors (Lipinski definition) is 3. The first-order valence-corrected chi connectivity index (χ1v) is 7.41. The predicted molar refractivity (Wildman–Crippen MR) is 75.3 cm³/mol. The average molecular weight is 241 g/mol. The summed E-state index contributed by atoms with van der Waals surface area (Å²) in [7, 11) is 0. The van der Waals surface area contributed by atoms with Gasteiger partial charge in [0.15, 0.2) is 0 Å². The Balaban J connectivity index is 2.33. The molecule has 1 fully saturated rings. The van der Waals surface area contributed by atoms with Crippen LogP contribution in [0.1, 0.15) is 46.5 Å². The van der Waals surface area contributed by atoms with E-state index in [2.05, 4.69) is 30.6 Å². The molecule has 3 nitrogen and oxygen atoms in total. The highest BCUT2D eigenvalue weighted by molar-refractivity contribution is 4.81. The zero-order valence-electron chi connectivity index (χ0n) is 12.0. The van der Waals surface area contributed by atoms with E-state index in [1.54, 1.807) is 0 Å². The molecule has 1 rings (SSSR count). The molecule has 0 radical (unpaired) electrons. The highest BCUT2D eigenvalue weighted by atomic mass is 15.3. The van der Waals surface area contributed by atoms with Gasteiger partial charge in [-0.2, -0.15) is 0 Å². The summed E-state index contributed by atoms with van der Waals surface area (Å²) in [6, 6.07) is 1.37. The molecule has 2 atom stereocenters. The number of nitrogens with zero attached hydrogens (tertiary/aromatic N) is 2. The molecule has 1 aliphatic heterocycles. The lowest BCUT2D eigenvalue weighted by Gasteiger charge is -2.41. The minimum atomic E-state index is 0.614. The third-order valence-corrected chi connectivity index (χ3v) is 4.09. The van der Waals surface area contributed by atoms with Gasteiger partial charge in [0, 0.05) is 44.8 Å². The SMILES string of the molecule is CCCC(C)N1CCN(C(CN)CCC)CC1. The Hall–Kier alpha value is -0.120. The second-order valence-electron chi connectivity index (χ2n) is 5.39. The van der Waals surface area contributed by atoms with Gasteiger partial charge in [0.2, 0.25) is 0 Å². The van der Waals surface area contributed by atoms with E-state index in [-0.39, 0.29) is 0 Å². The lowest BCUT2D eigenvalue weighted by molar-refractivity contribution is 0.0701. The maximum absolute atomic E-state index is 5.88. The largest absolute Gasteiger partial charge is 0.329 e. The van der Waals surface area contributed by atoms with E-state index in [9.17, 15) is 0 Å². The number of nitrogens with two attached hydrogens (primary N) is 1. The van der Waals surface area contributed by atoms with Crippen LogP contribution < -0.4 is 5.73 Å². The summed E-state index contributed by atoms with van der Waals surface area (Å²) in [6.45, 7) is 12.6. The second kappa shape index (κ2) is 8.06. The summed E-state index contributed by atoms with van der Waals surface area (Å²) in [5.41, 5.74) is 5.88. The zero-order valence-corrected chi connectivity index (χ0v) is 12.0. The highest BCUT2D eigenvalue weighted by Crippen LogP contribution is 2.14. The molecule has 3 heteroatoms. The minimum absolute atomic E-state index is 0.614. The summed E-state index contributed by atoms with van der Waals surface area (Å²) < 4.78 is 0. The molecule has 1 saturated heterocycles. The number of piperazine rings is 1. The van der Waals surface area contributed by atoms with Crippen LogP contribution >= 0.6 is 0 Å². The van der Waals surface area contributed by atoms with Crippen LogP contribution in [0.2, 0.25) is 0 Å².